The molecule has 0 unspecified atom stereocenters. The Morgan fingerprint density at radius 3 is 3.00 bits per heavy atom. The molecule has 0 atom stereocenters. The molecule has 2 aromatic heterocycles. The molecule has 0 aliphatic heterocycles. The van der Waals surface area contributed by atoms with Crippen LogP contribution in [0.3, 0.4) is 0 Å². The second-order valence-corrected chi connectivity index (χ2v) is 5.00. The van der Waals surface area contributed by atoms with E-state index in [1.54, 1.807) is 7.11 Å². The number of hydrogen-bond donors (Lipinski definition) is 1. The van der Waals surface area contributed by atoms with Crippen LogP contribution in [0.2, 0.25) is 0 Å². The molecule has 0 spiro atoms. The first-order valence-electron chi connectivity index (χ1n) is 7.57. The van der Waals surface area contributed by atoms with Gasteiger partial charge in [0.15, 0.2) is 0 Å². The fourth-order valence-electron chi connectivity index (χ4n) is 2.31. The van der Waals surface area contributed by atoms with Crippen molar-refractivity contribution in [3.63, 3.8) is 0 Å². The van der Waals surface area contributed by atoms with Gasteiger partial charge >= 0.3 is 0 Å². The van der Waals surface area contributed by atoms with Gasteiger partial charge in [0, 0.05) is 51.1 Å². The molecule has 0 amide bonds. The van der Waals surface area contributed by atoms with Crippen molar-refractivity contribution in [2.75, 3.05) is 33.5 Å². The van der Waals surface area contributed by atoms with Crippen LogP contribution in [0.5, 0.6) is 0 Å². The SMILES string of the molecule is CCCOCCn1cc(CNCCOC)c2cccnc21. The Morgan fingerprint density at radius 1 is 1.29 bits per heavy atom. The summed E-state index contributed by atoms with van der Waals surface area (Å²) >= 11 is 0. The smallest absolute Gasteiger partial charge is 0.140 e. The highest BCUT2D eigenvalue weighted by Crippen LogP contribution is 2.19. The van der Waals surface area contributed by atoms with Gasteiger partial charge in [-0.25, -0.2) is 4.98 Å². The summed E-state index contributed by atoms with van der Waals surface area (Å²) in [6.07, 6.45) is 5.07. The molecule has 2 heterocycles. The molecule has 0 bridgehead atoms. The zero-order valence-corrected chi connectivity index (χ0v) is 13.0. The summed E-state index contributed by atoms with van der Waals surface area (Å²) in [5, 5.41) is 4.59. The molecule has 2 rings (SSSR count). The van der Waals surface area contributed by atoms with E-state index in [-0.39, 0.29) is 0 Å². The number of hydrogen-bond acceptors (Lipinski definition) is 4. The van der Waals surface area contributed by atoms with Crippen molar-refractivity contribution in [3.05, 3.63) is 30.1 Å². The lowest BCUT2D eigenvalue weighted by atomic mass is 10.2. The van der Waals surface area contributed by atoms with E-state index >= 15 is 0 Å². The number of pyridine rings is 1. The lowest BCUT2D eigenvalue weighted by Crippen LogP contribution is -2.18. The van der Waals surface area contributed by atoms with Gasteiger partial charge in [0.2, 0.25) is 0 Å². The topological polar surface area (TPSA) is 48.3 Å². The van der Waals surface area contributed by atoms with Gasteiger partial charge in [-0.1, -0.05) is 6.92 Å². The standard InChI is InChI=1S/C16H25N3O2/c1-3-9-21-11-8-19-13-14(12-17-7-10-20-2)15-5-4-6-18-16(15)19/h4-6,13,17H,3,7-12H2,1-2H3. The Bertz CT molecular complexity index is 493. The number of nitrogens with zero attached hydrogens (tertiary/aromatic N) is 2. The molecule has 0 aromatic carbocycles. The minimum absolute atomic E-state index is 0.724. The number of fused-ring (bicyclic) bond motifs is 1. The van der Waals surface area contributed by atoms with E-state index in [1.807, 2.05) is 12.3 Å². The highest BCUT2D eigenvalue weighted by molar-refractivity contribution is 5.80. The highest BCUT2D eigenvalue weighted by atomic mass is 16.5. The molecule has 0 radical (unpaired) electrons. The fraction of sp³-hybridized carbons (Fsp3) is 0.562. The summed E-state index contributed by atoms with van der Waals surface area (Å²) in [5.41, 5.74) is 2.30. The van der Waals surface area contributed by atoms with Crippen LogP contribution in [-0.2, 0) is 22.6 Å². The number of nitrogens with one attached hydrogen (secondary N) is 1. The molecule has 1 N–H and O–H groups in total. The maximum absolute atomic E-state index is 5.58. The van der Waals surface area contributed by atoms with E-state index in [9.17, 15) is 0 Å². The third kappa shape index (κ3) is 4.52. The van der Waals surface area contributed by atoms with Gasteiger partial charge < -0.3 is 19.4 Å². The Balaban J connectivity index is 2.03. The molecule has 0 fully saturated rings. The van der Waals surface area contributed by atoms with Crippen molar-refractivity contribution in [1.29, 1.82) is 0 Å². The van der Waals surface area contributed by atoms with Crippen LogP contribution >= 0.6 is 0 Å². The van der Waals surface area contributed by atoms with Gasteiger partial charge in [-0.05, 0) is 24.1 Å². The summed E-state index contributed by atoms with van der Waals surface area (Å²) in [7, 11) is 1.72. The third-order valence-electron chi connectivity index (χ3n) is 3.34. The van der Waals surface area contributed by atoms with E-state index in [1.165, 1.54) is 10.9 Å². The molecule has 0 aliphatic rings. The normalized spacial score (nSPS) is 11.3. The second-order valence-electron chi connectivity index (χ2n) is 5.00. The quantitative estimate of drug-likeness (QED) is 0.682. The van der Waals surface area contributed by atoms with Crippen LogP contribution in [-0.4, -0.2) is 43.0 Å². The van der Waals surface area contributed by atoms with E-state index in [0.717, 1.165) is 51.5 Å². The number of methoxy groups -OCH3 is 1. The molecule has 0 saturated carbocycles. The Hall–Kier alpha value is -1.43. The molecular weight excluding hydrogens is 266 g/mol. The number of ether oxygens (including phenoxy) is 2. The summed E-state index contributed by atoms with van der Waals surface area (Å²) < 4.78 is 12.8. The summed E-state index contributed by atoms with van der Waals surface area (Å²) in [6, 6.07) is 4.11. The predicted octanol–water partition coefficient (Wildman–Crippen LogP) is 2.20. The van der Waals surface area contributed by atoms with Gasteiger partial charge in [-0.15, -0.1) is 0 Å². The lowest BCUT2D eigenvalue weighted by molar-refractivity contribution is 0.127. The van der Waals surface area contributed by atoms with E-state index in [0.29, 0.717) is 0 Å². The van der Waals surface area contributed by atoms with Crippen LogP contribution in [0.15, 0.2) is 24.5 Å². The zero-order valence-electron chi connectivity index (χ0n) is 13.0. The fourth-order valence-corrected chi connectivity index (χ4v) is 2.31. The van der Waals surface area contributed by atoms with E-state index < -0.39 is 0 Å². The Kier molecular flexibility index (Phi) is 6.66. The molecule has 21 heavy (non-hydrogen) atoms. The van der Waals surface area contributed by atoms with Crippen molar-refractivity contribution < 1.29 is 9.47 Å². The third-order valence-corrected chi connectivity index (χ3v) is 3.34. The molecule has 5 heteroatoms. The molecular formula is C16H25N3O2. The van der Waals surface area contributed by atoms with Crippen molar-refractivity contribution >= 4 is 11.0 Å². The zero-order chi connectivity index (χ0) is 14.9. The Labute approximate surface area is 126 Å². The van der Waals surface area contributed by atoms with Gasteiger partial charge in [0.25, 0.3) is 0 Å². The summed E-state index contributed by atoms with van der Waals surface area (Å²) in [4.78, 5) is 4.50. The molecule has 116 valence electrons. The molecule has 0 aliphatic carbocycles. The highest BCUT2D eigenvalue weighted by Gasteiger charge is 2.08. The number of aromatic nitrogens is 2. The average molecular weight is 291 g/mol. The number of rotatable bonds is 10. The van der Waals surface area contributed by atoms with Crippen molar-refractivity contribution in [1.82, 2.24) is 14.9 Å². The molecule has 2 aromatic rings. The first-order chi connectivity index (χ1) is 10.4. The van der Waals surface area contributed by atoms with Crippen LogP contribution in [0, 0.1) is 0 Å². The maximum atomic E-state index is 5.58. The van der Waals surface area contributed by atoms with Gasteiger partial charge in [-0.2, -0.15) is 0 Å². The van der Waals surface area contributed by atoms with Crippen LogP contribution in [0.1, 0.15) is 18.9 Å². The average Bonchev–Trinajstić information content (AvgIpc) is 2.87. The monoisotopic (exact) mass is 291 g/mol. The minimum atomic E-state index is 0.724. The molecule has 5 nitrogen and oxygen atoms in total. The summed E-state index contributed by atoms with van der Waals surface area (Å²) in [6.45, 7) is 6.91. The predicted molar refractivity (Wildman–Crippen MR) is 84.4 cm³/mol. The molecule has 0 saturated heterocycles. The van der Waals surface area contributed by atoms with Gasteiger partial charge in [-0.3, -0.25) is 0 Å². The largest absolute Gasteiger partial charge is 0.383 e. The first kappa shape index (κ1) is 15.9. The first-order valence-corrected chi connectivity index (χ1v) is 7.57. The van der Waals surface area contributed by atoms with Crippen molar-refractivity contribution in [2.45, 2.75) is 26.4 Å². The second kappa shape index (κ2) is 8.77. The van der Waals surface area contributed by atoms with Gasteiger partial charge in [0.1, 0.15) is 5.65 Å². The van der Waals surface area contributed by atoms with Crippen LogP contribution < -0.4 is 5.32 Å². The van der Waals surface area contributed by atoms with Crippen molar-refractivity contribution in [3.8, 4) is 0 Å². The van der Waals surface area contributed by atoms with Crippen molar-refractivity contribution in [2.24, 2.45) is 0 Å². The van der Waals surface area contributed by atoms with Crippen LogP contribution in [0.25, 0.3) is 11.0 Å². The summed E-state index contributed by atoms with van der Waals surface area (Å²) in [5.74, 6) is 0. The van der Waals surface area contributed by atoms with E-state index in [2.05, 4.69) is 34.1 Å². The van der Waals surface area contributed by atoms with E-state index in [4.69, 9.17) is 9.47 Å². The van der Waals surface area contributed by atoms with Crippen LogP contribution in [0.4, 0.5) is 0 Å². The Morgan fingerprint density at radius 2 is 2.19 bits per heavy atom. The maximum Gasteiger partial charge on any atom is 0.140 e. The lowest BCUT2D eigenvalue weighted by Gasteiger charge is -2.05. The van der Waals surface area contributed by atoms with Gasteiger partial charge in [0.05, 0.1) is 13.2 Å². The minimum Gasteiger partial charge on any atom is -0.383 e.